The van der Waals surface area contributed by atoms with E-state index in [0.29, 0.717) is 6.54 Å². The second kappa shape index (κ2) is 14.0. The number of carbonyl (C=O) groups is 2. The largest absolute Gasteiger partial charge is 0.355 e. The van der Waals surface area contributed by atoms with Crippen LogP contribution < -0.4 is 9.62 Å². The molecule has 0 aliphatic carbocycles. The van der Waals surface area contributed by atoms with E-state index in [2.05, 4.69) is 5.32 Å². The van der Waals surface area contributed by atoms with Crippen molar-refractivity contribution < 1.29 is 18.0 Å². The minimum atomic E-state index is -4.19. The minimum Gasteiger partial charge on any atom is -0.355 e. The van der Waals surface area contributed by atoms with Crippen LogP contribution in [0.1, 0.15) is 18.1 Å². The molecule has 0 aromatic heterocycles. The molecule has 0 aliphatic rings. The van der Waals surface area contributed by atoms with Gasteiger partial charge in [-0.1, -0.05) is 103 Å². The van der Waals surface area contributed by atoms with Crippen molar-refractivity contribution in [2.75, 3.05) is 17.4 Å². The molecule has 41 heavy (non-hydrogen) atoms. The number of carbonyl (C=O) groups excluding carboxylic acids is 2. The van der Waals surface area contributed by atoms with Crippen LogP contribution in [0.3, 0.4) is 0 Å². The lowest BCUT2D eigenvalue weighted by Gasteiger charge is -2.34. The number of hydrogen-bond acceptors (Lipinski definition) is 4. The molecule has 1 atom stereocenters. The molecule has 4 aromatic rings. The number of halogens is 1. The van der Waals surface area contributed by atoms with Crippen LogP contribution >= 0.6 is 11.6 Å². The van der Waals surface area contributed by atoms with Gasteiger partial charge in [0.2, 0.25) is 11.8 Å². The molecule has 0 heterocycles. The van der Waals surface area contributed by atoms with Crippen LogP contribution in [0.15, 0.2) is 120 Å². The number of nitrogens with zero attached hydrogens (tertiary/aromatic N) is 2. The first kappa shape index (κ1) is 29.8. The Morgan fingerprint density at radius 1 is 0.780 bits per heavy atom. The van der Waals surface area contributed by atoms with Gasteiger partial charge < -0.3 is 10.2 Å². The predicted molar refractivity (Wildman–Crippen MR) is 162 cm³/mol. The van der Waals surface area contributed by atoms with E-state index in [1.807, 2.05) is 67.6 Å². The van der Waals surface area contributed by atoms with Gasteiger partial charge in [-0.15, -0.1) is 0 Å². The van der Waals surface area contributed by atoms with E-state index in [1.165, 1.54) is 17.0 Å². The van der Waals surface area contributed by atoms with E-state index in [1.54, 1.807) is 42.5 Å². The second-order valence-corrected chi connectivity index (χ2v) is 11.7. The van der Waals surface area contributed by atoms with Crippen LogP contribution in [0, 0.1) is 0 Å². The number of benzene rings is 4. The Morgan fingerprint density at radius 2 is 1.32 bits per heavy atom. The normalized spacial score (nSPS) is 11.9. The number of amides is 2. The SMILES string of the molecule is CCNC(=O)[C@H](Cc1ccccc1)N(Cc1ccccc1)C(=O)CN(c1ccccc1Cl)S(=O)(=O)c1ccccc1. The summed E-state index contributed by atoms with van der Waals surface area (Å²) in [7, 11) is -4.19. The molecule has 212 valence electrons. The number of nitrogens with one attached hydrogen (secondary N) is 1. The first-order chi connectivity index (χ1) is 19.8. The van der Waals surface area contributed by atoms with Crippen molar-refractivity contribution in [3.63, 3.8) is 0 Å². The molecule has 0 saturated carbocycles. The molecule has 0 spiro atoms. The van der Waals surface area contributed by atoms with Gasteiger partial charge in [-0.25, -0.2) is 8.42 Å². The molecule has 0 unspecified atom stereocenters. The van der Waals surface area contributed by atoms with Gasteiger partial charge in [-0.2, -0.15) is 0 Å². The highest BCUT2D eigenvalue weighted by molar-refractivity contribution is 7.92. The summed E-state index contributed by atoms with van der Waals surface area (Å²) in [6, 6.07) is 32.2. The third-order valence-electron chi connectivity index (χ3n) is 6.55. The van der Waals surface area contributed by atoms with Crippen molar-refractivity contribution in [3.8, 4) is 0 Å². The van der Waals surface area contributed by atoms with E-state index in [-0.39, 0.29) is 34.5 Å². The number of anilines is 1. The molecule has 9 heteroatoms. The molecule has 4 rings (SSSR count). The van der Waals surface area contributed by atoms with Crippen molar-refractivity contribution in [2.24, 2.45) is 0 Å². The van der Waals surface area contributed by atoms with Crippen LogP contribution in [0.4, 0.5) is 5.69 Å². The van der Waals surface area contributed by atoms with Gasteiger partial charge in [0.1, 0.15) is 12.6 Å². The Labute approximate surface area is 246 Å². The van der Waals surface area contributed by atoms with Crippen molar-refractivity contribution >= 4 is 39.1 Å². The zero-order chi connectivity index (χ0) is 29.2. The standard InChI is InChI=1S/C32H32ClN3O4S/c1-2-34-32(38)30(22-25-14-6-3-7-15-25)35(23-26-16-8-4-9-17-26)31(37)24-36(29-21-13-12-20-28(29)33)41(39,40)27-18-10-5-11-19-27/h3-21,30H,2,22-24H2,1H3,(H,34,38)/t30-/m0/s1. The number of likely N-dealkylation sites (N-methyl/N-ethyl adjacent to an activating group) is 1. The molecule has 0 bridgehead atoms. The topological polar surface area (TPSA) is 86.8 Å². The number of rotatable bonds is 12. The first-order valence-corrected chi connectivity index (χ1v) is 15.1. The Morgan fingerprint density at radius 3 is 1.90 bits per heavy atom. The summed E-state index contributed by atoms with van der Waals surface area (Å²) in [6.45, 7) is 1.74. The first-order valence-electron chi connectivity index (χ1n) is 13.3. The van der Waals surface area contributed by atoms with Crippen LogP contribution in [0.25, 0.3) is 0 Å². The predicted octanol–water partition coefficient (Wildman–Crippen LogP) is 5.31. The van der Waals surface area contributed by atoms with Gasteiger partial charge in [-0.05, 0) is 42.3 Å². The van der Waals surface area contributed by atoms with Gasteiger partial charge in [0.05, 0.1) is 15.6 Å². The molecule has 0 saturated heterocycles. The minimum absolute atomic E-state index is 0.0203. The lowest BCUT2D eigenvalue weighted by atomic mass is 10.0. The number of hydrogen-bond donors (Lipinski definition) is 1. The highest BCUT2D eigenvalue weighted by Gasteiger charge is 2.35. The zero-order valence-corrected chi connectivity index (χ0v) is 24.3. The number of para-hydroxylation sites is 1. The Bertz CT molecular complexity index is 1550. The summed E-state index contributed by atoms with van der Waals surface area (Å²) in [5, 5.41) is 3.03. The number of sulfonamides is 1. The van der Waals surface area contributed by atoms with Gasteiger partial charge in [0, 0.05) is 19.5 Å². The lowest BCUT2D eigenvalue weighted by Crippen LogP contribution is -2.53. The highest BCUT2D eigenvalue weighted by atomic mass is 35.5. The molecule has 7 nitrogen and oxygen atoms in total. The molecule has 0 fully saturated rings. The molecule has 1 N–H and O–H groups in total. The van der Waals surface area contributed by atoms with E-state index in [9.17, 15) is 18.0 Å². The fourth-order valence-corrected chi connectivity index (χ4v) is 6.26. The molecule has 2 amide bonds. The average Bonchev–Trinajstić information content (AvgIpc) is 2.99. The van der Waals surface area contributed by atoms with Crippen LogP contribution in [0.2, 0.25) is 5.02 Å². The molecule has 0 radical (unpaired) electrons. The van der Waals surface area contributed by atoms with Crippen molar-refractivity contribution in [2.45, 2.75) is 30.8 Å². The van der Waals surface area contributed by atoms with E-state index in [0.717, 1.165) is 15.4 Å². The fraction of sp³-hybridized carbons (Fsp3) is 0.188. The third-order valence-corrected chi connectivity index (χ3v) is 8.64. The molecular weight excluding hydrogens is 558 g/mol. The van der Waals surface area contributed by atoms with Gasteiger partial charge in [-0.3, -0.25) is 13.9 Å². The van der Waals surface area contributed by atoms with Crippen molar-refractivity contribution in [1.29, 1.82) is 0 Å². The summed E-state index contributed by atoms with van der Waals surface area (Å²) in [5.74, 6) is -0.865. The second-order valence-electron chi connectivity index (χ2n) is 9.38. The highest BCUT2D eigenvalue weighted by Crippen LogP contribution is 2.30. The molecule has 0 aliphatic heterocycles. The molecule has 4 aromatic carbocycles. The Kier molecular flexibility index (Phi) is 10.2. The van der Waals surface area contributed by atoms with Crippen LogP contribution in [0.5, 0.6) is 0 Å². The Hall–Kier alpha value is -4.14. The van der Waals surface area contributed by atoms with Crippen molar-refractivity contribution in [1.82, 2.24) is 10.2 Å². The summed E-state index contributed by atoms with van der Waals surface area (Å²) >= 11 is 6.47. The Balaban J connectivity index is 1.78. The maximum atomic E-state index is 14.3. The quantitative estimate of drug-likeness (QED) is 0.243. The van der Waals surface area contributed by atoms with Gasteiger partial charge in [0.25, 0.3) is 10.0 Å². The van der Waals surface area contributed by atoms with Gasteiger partial charge >= 0.3 is 0 Å². The van der Waals surface area contributed by atoms with E-state index in [4.69, 9.17) is 11.6 Å². The monoisotopic (exact) mass is 589 g/mol. The maximum Gasteiger partial charge on any atom is 0.264 e. The smallest absolute Gasteiger partial charge is 0.264 e. The lowest BCUT2D eigenvalue weighted by molar-refractivity contribution is -0.140. The summed E-state index contributed by atoms with van der Waals surface area (Å²) in [5.41, 5.74) is 1.84. The summed E-state index contributed by atoms with van der Waals surface area (Å²) in [6.07, 6.45) is 0.253. The van der Waals surface area contributed by atoms with Crippen LogP contribution in [-0.2, 0) is 32.6 Å². The van der Waals surface area contributed by atoms with E-state index < -0.39 is 28.5 Å². The fourth-order valence-electron chi connectivity index (χ4n) is 4.51. The maximum absolute atomic E-state index is 14.3. The third kappa shape index (κ3) is 7.54. The summed E-state index contributed by atoms with van der Waals surface area (Å²) < 4.78 is 28.8. The molecular formula is C32H32ClN3O4S. The van der Waals surface area contributed by atoms with Crippen LogP contribution in [-0.4, -0.2) is 44.3 Å². The zero-order valence-electron chi connectivity index (χ0n) is 22.7. The van der Waals surface area contributed by atoms with Crippen molar-refractivity contribution in [3.05, 3.63) is 131 Å². The van der Waals surface area contributed by atoms with Gasteiger partial charge in [0.15, 0.2) is 0 Å². The average molecular weight is 590 g/mol. The summed E-state index contributed by atoms with van der Waals surface area (Å²) in [4.78, 5) is 29.2. The van der Waals surface area contributed by atoms with E-state index >= 15 is 0 Å².